The van der Waals surface area contributed by atoms with Crippen LogP contribution in [0.3, 0.4) is 0 Å². The maximum absolute atomic E-state index is 14.2. The van der Waals surface area contributed by atoms with Gasteiger partial charge in [0.05, 0.1) is 31.6 Å². The van der Waals surface area contributed by atoms with Gasteiger partial charge in [-0.3, -0.25) is 4.57 Å². The lowest BCUT2D eigenvalue weighted by atomic mass is 10.2. The van der Waals surface area contributed by atoms with Crippen molar-refractivity contribution in [1.29, 1.82) is 0 Å². The summed E-state index contributed by atoms with van der Waals surface area (Å²) in [6.07, 6.45) is 2.24. The molecule has 0 unspecified atom stereocenters. The molecule has 2 heterocycles. The van der Waals surface area contributed by atoms with Gasteiger partial charge in [-0.1, -0.05) is 19.1 Å². The number of ether oxygens (including phenoxy) is 1. The number of aliphatic hydroxyl groups is 1. The fraction of sp³-hybridized carbons (Fsp3) is 0.227. The van der Waals surface area contributed by atoms with Crippen molar-refractivity contribution in [2.45, 2.75) is 19.4 Å². The Morgan fingerprint density at radius 2 is 1.87 bits per heavy atom. The molecule has 2 aromatic carbocycles. The van der Waals surface area contributed by atoms with E-state index in [1.165, 1.54) is 6.07 Å². The number of nitrogens with one attached hydrogen (secondary N) is 2. The average molecular weight is 422 g/mol. The lowest BCUT2D eigenvalue weighted by molar-refractivity contribution is 0.228. The summed E-state index contributed by atoms with van der Waals surface area (Å²) in [4.78, 5) is 13.5. The highest BCUT2D eigenvalue weighted by atomic mass is 19.1. The molecule has 8 nitrogen and oxygen atoms in total. The van der Waals surface area contributed by atoms with Gasteiger partial charge in [0.1, 0.15) is 17.1 Å². The van der Waals surface area contributed by atoms with E-state index in [0.29, 0.717) is 29.5 Å². The van der Waals surface area contributed by atoms with E-state index in [1.807, 2.05) is 31.2 Å². The van der Waals surface area contributed by atoms with Gasteiger partial charge in [-0.05, 0) is 42.8 Å². The third kappa shape index (κ3) is 4.26. The van der Waals surface area contributed by atoms with Gasteiger partial charge in [0.2, 0.25) is 11.9 Å². The van der Waals surface area contributed by atoms with Crippen LogP contribution in [0.5, 0.6) is 5.75 Å². The van der Waals surface area contributed by atoms with Crippen molar-refractivity contribution < 1.29 is 14.2 Å². The van der Waals surface area contributed by atoms with Crippen LogP contribution in [0.15, 0.2) is 54.7 Å². The molecule has 0 aliphatic rings. The Kier molecular flexibility index (Phi) is 5.94. The number of anilines is 4. The molecule has 4 aromatic rings. The van der Waals surface area contributed by atoms with E-state index in [-0.39, 0.29) is 18.3 Å². The molecule has 0 aliphatic heterocycles. The number of imidazole rings is 1. The minimum absolute atomic E-state index is 0.112. The minimum Gasteiger partial charge on any atom is -0.497 e. The van der Waals surface area contributed by atoms with Gasteiger partial charge < -0.3 is 20.5 Å². The Hall–Kier alpha value is -3.72. The molecule has 31 heavy (non-hydrogen) atoms. The average Bonchev–Trinajstić information content (AvgIpc) is 3.14. The number of aromatic nitrogens is 4. The normalized spacial score (nSPS) is 12.0. The Morgan fingerprint density at radius 3 is 2.55 bits per heavy atom. The van der Waals surface area contributed by atoms with E-state index in [0.717, 1.165) is 11.4 Å². The number of aliphatic hydroxyl groups excluding tert-OH is 1. The van der Waals surface area contributed by atoms with Gasteiger partial charge >= 0.3 is 0 Å². The zero-order valence-corrected chi connectivity index (χ0v) is 17.2. The first-order chi connectivity index (χ1) is 15.1. The van der Waals surface area contributed by atoms with Crippen LogP contribution >= 0.6 is 0 Å². The van der Waals surface area contributed by atoms with Crippen molar-refractivity contribution in [2.24, 2.45) is 0 Å². The van der Waals surface area contributed by atoms with E-state index in [9.17, 15) is 9.50 Å². The van der Waals surface area contributed by atoms with Crippen LogP contribution in [0, 0.1) is 5.82 Å². The second-order valence-corrected chi connectivity index (χ2v) is 6.91. The summed E-state index contributed by atoms with van der Waals surface area (Å²) in [5.74, 6) is 1.12. The third-order valence-corrected chi connectivity index (χ3v) is 4.95. The van der Waals surface area contributed by atoms with Crippen LogP contribution in [-0.2, 0) is 0 Å². The summed E-state index contributed by atoms with van der Waals surface area (Å²) in [7, 11) is 1.61. The van der Waals surface area contributed by atoms with E-state index in [2.05, 4.69) is 25.6 Å². The molecule has 3 N–H and O–H groups in total. The fourth-order valence-corrected chi connectivity index (χ4v) is 3.26. The molecule has 0 aliphatic carbocycles. The second kappa shape index (κ2) is 8.97. The van der Waals surface area contributed by atoms with Gasteiger partial charge in [0.15, 0.2) is 5.65 Å². The molecule has 2 aromatic heterocycles. The van der Waals surface area contributed by atoms with Crippen molar-refractivity contribution in [1.82, 2.24) is 19.5 Å². The highest BCUT2D eigenvalue weighted by molar-refractivity contribution is 5.77. The molecular formula is C22H23FN6O2. The van der Waals surface area contributed by atoms with Crippen molar-refractivity contribution in [3.05, 3.63) is 60.5 Å². The third-order valence-electron chi connectivity index (χ3n) is 4.95. The standard InChI is InChI=1S/C22H23FN6O2/c1-3-15(13-30)29-20-19(27-22(29)26-18-7-5-4-6-17(18)23)12-24-21(28-20)25-14-8-10-16(31-2)11-9-14/h4-12,15,30H,3,13H2,1-2H3,(H,26,27)(H,24,25,28)/t15-/m0/s1. The minimum atomic E-state index is -0.397. The summed E-state index contributed by atoms with van der Waals surface area (Å²) >= 11 is 0. The summed E-state index contributed by atoms with van der Waals surface area (Å²) < 4.78 is 21.1. The number of para-hydroxylation sites is 1. The van der Waals surface area contributed by atoms with Gasteiger partial charge in [-0.25, -0.2) is 14.4 Å². The monoisotopic (exact) mass is 422 g/mol. The first-order valence-electron chi connectivity index (χ1n) is 9.91. The maximum Gasteiger partial charge on any atom is 0.229 e. The van der Waals surface area contributed by atoms with E-state index in [1.54, 1.807) is 36.1 Å². The van der Waals surface area contributed by atoms with Crippen molar-refractivity contribution >= 4 is 34.4 Å². The number of hydrogen-bond acceptors (Lipinski definition) is 7. The first-order valence-corrected chi connectivity index (χ1v) is 9.91. The van der Waals surface area contributed by atoms with Crippen LogP contribution in [-0.4, -0.2) is 38.3 Å². The smallest absolute Gasteiger partial charge is 0.229 e. The lowest BCUT2D eigenvalue weighted by Gasteiger charge is -2.18. The number of nitrogens with zero attached hydrogens (tertiary/aromatic N) is 4. The molecule has 4 rings (SSSR count). The van der Waals surface area contributed by atoms with Crippen LogP contribution < -0.4 is 15.4 Å². The SMILES string of the molecule is CC[C@@H](CO)n1c(Nc2ccccc2F)nc2cnc(Nc3ccc(OC)cc3)nc21. The first kappa shape index (κ1) is 20.5. The molecule has 9 heteroatoms. The quantitative estimate of drug-likeness (QED) is 0.387. The van der Waals surface area contributed by atoms with E-state index >= 15 is 0 Å². The van der Waals surface area contributed by atoms with Crippen LogP contribution in [0.1, 0.15) is 19.4 Å². The van der Waals surface area contributed by atoms with Gasteiger partial charge in [-0.15, -0.1) is 0 Å². The highest BCUT2D eigenvalue weighted by Crippen LogP contribution is 2.29. The predicted octanol–water partition coefficient (Wildman–Crippen LogP) is 4.40. The molecule has 0 fully saturated rings. The van der Waals surface area contributed by atoms with E-state index < -0.39 is 5.82 Å². The predicted molar refractivity (Wildman–Crippen MR) is 118 cm³/mol. The zero-order valence-electron chi connectivity index (χ0n) is 17.2. The summed E-state index contributed by atoms with van der Waals surface area (Å²) in [5, 5.41) is 16.1. The molecule has 0 saturated heterocycles. The van der Waals surface area contributed by atoms with Crippen molar-refractivity contribution in [3.8, 4) is 5.75 Å². The van der Waals surface area contributed by atoms with Gasteiger partial charge in [-0.2, -0.15) is 4.98 Å². The summed E-state index contributed by atoms with van der Waals surface area (Å²) in [6.45, 7) is 1.84. The molecular weight excluding hydrogens is 399 g/mol. The Morgan fingerprint density at radius 1 is 1.10 bits per heavy atom. The molecule has 0 bridgehead atoms. The number of halogens is 1. The Balaban J connectivity index is 1.74. The van der Waals surface area contributed by atoms with Crippen molar-refractivity contribution in [3.63, 3.8) is 0 Å². The number of benzene rings is 2. The number of methoxy groups -OCH3 is 1. The molecule has 0 spiro atoms. The number of hydrogen-bond donors (Lipinski definition) is 3. The summed E-state index contributed by atoms with van der Waals surface area (Å²) in [6, 6.07) is 13.4. The summed E-state index contributed by atoms with van der Waals surface area (Å²) in [5.41, 5.74) is 2.15. The van der Waals surface area contributed by atoms with Gasteiger partial charge in [0, 0.05) is 5.69 Å². The van der Waals surface area contributed by atoms with Crippen molar-refractivity contribution in [2.75, 3.05) is 24.4 Å². The molecule has 0 saturated carbocycles. The van der Waals surface area contributed by atoms with E-state index in [4.69, 9.17) is 4.74 Å². The fourth-order valence-electron chi connectivity index (χ4n) is 3.26. The maximum atomic E-state index is 14.2. The highest BCUT2D eigenvalue weighted by Gasteiger charge is 2.20. The largest absolute Gasteiger partial charge is 0.497 e. The Labute approximate surface area is 178 Å². The van der Waals surface area contributed by atoms with Crippen LogP contribution in [0.25, 0.3) is 11.2 Å². The Bertz CT molecular complexity index is 1170. The number of rotatable bonds is 8. The van der Waals surface area contributed by atoms with Crippen LogP contribution in [0.2, 0.25) is 0 Å². The molecule has 0 amide bonds. The molecule has 0 radical (unpaired) electrons. The van der Waals surface area contributed by atoms with Gasteiger partial charge in [0.25, 0.3) is 0 Å². The number of fused-ring (bicyclic) bond motifs is 1. The zero-order chi connectivity index (χ0) is 21.8. The molecule has 160 valence electrons. The lowest BCUT2D eigenvalue weighted by Crippen LogP contribution is -2.15. The molecule has 1 atom stereocenters. The second-order valence-electron chi connectivity index (χ2n) is 6.91. The topological polar surface area (TPSA) is 97.1 Å². The van der Waals surface area contributed by atoms with Crippen LogP contribution in [0.4, 0.5) is 27.7 Å².